The number of hydrogen-bond donors (Lipinski definition) is 1. The van der Waals surface area contributed by atoms with Crippen LogP contribution in [0, 0.1) is 5.92 Å². The molecule has 0 aliphatic heterocycles. The van der Waals surface area contributed by atoms with Gasteiger partial charge in [-0.15, -0.1) is 0 Å². The number of rotatable bonds is 7. The molecule has 0 aromatic heterocycles. The summed E-state index contributed by atoms with van der Waals surface area (Å²) in [6.45, 7) is 8.77. The number of methoxy groups -OCH3 is 1. The Bertz CT molecular complexity index is 705. The van der Waals surface area contributed by atoms with E-state index in [1.165, 1.54) is 0 Å². The molecule has 0 aliphatic rings. The molecule has 0 saturated heterocycles. The lowest BCUT2D eigenvalue weighted by Gasteiger charge is -2.27. The standard InChI is InChI=1S/C21H27NO3/c1-15(2)14-25-19-8-6-7-16(13-19)20(23)22-21(3,4)17-9-11-18(24-5)12-10-17/h6-13,15H,14H2,1-5H3,(H,22,23). The van der Waals surface area contributed by atoms with Crippen molar-refractivity contribution in [3.63, 3.8) is 0 Å². The monoisotopic (exact) mass is 341 g/mol. The van der Waals surface area contributed by atoms with Gasteiger partial charge in [-0.25, -0.2) is 0 Å². The van der Waals surface area contributed by atoms with Crippen molar-refractivity contribution >= 4 is 5.91 Å². The molecule has 2 aromatic carbocycles. The van der Waals surface area contributed by atoms with Crippen molar-refractivity contribution in [3.8, 4) is 11.5 Å². The molecule has 0 fully saturated rings. The number of nitrogens with one attached hydrogen (secondary N) is 1. The van der Waals surface area contributed by atoms with Gasteiger partial charge in [0.1, 0.15) is 11.5 Å². The number of benzene rings is 2. The van der Waals surface area contributed by atoms with Crippen molar-refractivity contribution in [1.82, 2.24) is 5.32 Å². The molecule has 0 heterocycles. The van der Waals surface area contributed by atoms with Crippen LogP contribution in [0.1, 0.15) is 43.6 Å². The fourth-order valence-electron chi connectivity index (χ4n) is 2.43. The van der Waals surface area contributed by atoms with E-state index in [0.29, 0.717) is 23.8 Å². The smallest absolute Gasteiger partial charge is 0.252 e. The van der Waals surface area contributed by atoms with Crippen LogP contribution in [0.3, 0.4) is 0 Å². The van der Waals surface area contributed by atoms with Gasteiger partial charge in [-0.3, -0.25) is 4.79 Å². The lowest BCUT2D eigenvalue weighted by Crippen LogP contribution is -2.40. The van der Waals surface area contributed by atoms with Gasteiger partial charge in [-0.2, -0.15) is 0 Å². The summed E-state index contributed by atoms with van der Waals surface area (Å²) in [4.78, 5) is 12.7. The van der Waals surface area contributed by atoms with Gasteiger partial charge in [-0.05, 0) is 55.7 Å². The predicted molar refractivity (Wildman–Crippen MR) is 100 cm³/mol. The van der Waals surface area contributed by atoms with E-state index >= 15 is 0 Å². The van der Waals surface area contributed by atoms with E-state index in [0.717, 1.165) is 11.3 Å². The zero-order valence-corrected chi connectivity index (χ0v) is 15.6. The van der Waals surface area contributed by atoms with Gasteiger partial charge in [-0.1, -0.05) is 32.0 Å². The summed E-state index contributed by atoms with van der Waals surface area (Å²) in [7, 11) is 1.64. The second-order valence-electron chi connectivity index (χ2n) is 7.04. The first-order chi connectivity index (χ1) is 11.8. The van der Waals surface area contributed by atoms with Crippen molar-refractivity contribution in [2.75, 3.05) is 13.7 Å². The Balaban J connectivity index is 2.10. The van der Waals surface area contributed by atoms with Crippen LogP contribution in [0.4, 0.5) is 0 Å². The van der Waals surface area contributed by atoms with Gasteiger partial charge in [0.2, 0.25) is 0 Å². The van der Waals surface area contributed by atoms with Crippen LogP contribution < -0.4 is 14.8 Å². The molecule has 134 valence electrons. The quantitative estimate of drug-likeness (QED) is 0.812. The summed E-state index contributed by atoms with van der Waals surface area (Å²) in [5, 5.41) is 3.08. The number of carbonyl (C=O) groups is 1. The first kappa shape index (κ1) is 18.8. The number of ether oxygens (including phenoxy) is 2. The van der Waals surface area contributed by atoms with E-state index in [9.17, 15) is 4.79 Å². The Morgan fingerprint density at radius 3 is 2.36 bits per heavy atom. The largest absolute Gasteiger partial charge is 0.497 e. The van der Waals surface area contributed by atoms with Crippen LogP contribution in [0.15, 0.2) is 48.5 Å². The van der Waals surface area contributed by atoms with Crippen molar-refractivity contribution < 1.29 is 14.3 Å². The highest BCUT2D eigenvalue weighted by atomic mass is 16.5. The van der Waals surface area contributed by atoms with Crippen LogP contribution in [0.2, 0.25) is 0 Å². The van der Waals surface area contributed by atoms with Crippen molar-refractivity contribution in [1.29, 1.82) is 0 Å². The summed E-state index contributed by atoms with van der Waals surface area (Å²) in [6, 6.07) is 15.0. The van der Waals surface area contributed by atoms with E-state index in [-0.39, 0.29) is 5.91 Å². The Morgan fingerprint density at radius 1 is 1.08 bits per heavy atom. The van der Waals surface area contributed by atoms with E-state index in [2.05, 4.69) is 19.2 Å². The van der Waals surface area contributed by atoms with Crippen LogP contribution in [-0.2, 0) is 5.54 Å². The molecule has 2 rings (SSSR count). The molecule has 25 heavy (non-hydrogen) atoms. The van der Waals surface area contributed by atoms with Crippen LogP contribution >= 0.6 is 0 Å². The minimum absolute atomic E-state index is 0.129. The van der Waals surface area contributed by atoms with Crippen LogP contribution in [-0.4, -0.2) is 19.6 Å². The molecule has 0 bridgehead atoms. The number of hydrogen-bond acceptors (Lipinski definition) is 3. The van der Waals surface area contributed by atoms with Crippen molar-refractivity contribution in [2.24, 2.45) is 5.92 Å². The van der Waals surface area contributed by atoms with Gasteiger partial charge in [0.25, 0.3) is 5.91 Å². The van der Waals surface area contributed by atoms with Gasteiger partial charge < -0.3 is 14.8 Å². The van der Waals surface area contributed by atoms with Crippen molar-refractivity contribution in [2.45, 2.75) is 33.2 Å². The Kier molecular flexibility index (Phi) is 6.07. The summed E-state index contributed by atoms with van der Waals surface area (Å²) in [5.41, 5.74) is 1.09. The van der Waals surface area contributed by atoms with E-state index in [4.69, 9.17) is 9.47 Å². The molecular formula is C21H27NO3. The molecule has 0 unspecified atom stereocenters. The molecule has 0 atom stereocenters. The first-order valence-corrected chi connectivity index (χ1v) is 8.51. The van der Waals surface area contributed by atoms with Crippen LogP contribution in [0.25, 0.3) is 0 Å². The average Bonchev–Trinajstić information content (AvgIpc) is 2.60. The third-order valence-electron chi connectivity index (χ3n) is 3.92. The van der Waals surface area contributed by atoms with Gasteiger partial charge >= 0.3 is 0 Å². The normalized spacial score (nSPS) is 11.3. The summed E-state index contributed by atoms with van der Waals surface area (Å²) in [5.74, 6) is 1.81. The Hall–Kier alpha value is -2.49. The lowest BCUT2D eigenvalue weighted by molar-refractivity contribution is 0.0911. The third kappa shape index (κ3) is 5.24. The molecule has 1 N–H and O–H groups in total. The highest BCUT2D eigenvalue weighted by molar-refractivity contribution is 5.95. The topological polar surface area (TPSA) is 47.6 Å². The van der Waals surface area contributed by atoms with E-state index < -0.39 is 5.54 Å². The minimum Gasteiger partial charge on any atom is -0.497 e. The molecule has 4 heteroatoms. The van der Waals surface area contributed by atoms with Crippen molar-refractivity contribution in [3.05, 3.63) is 59.7 Å². The van der Waals surface area contributed by atoms with Gasteiger partial charge in [0.15, 0.2) is 0 Å². The second kappa shape index (κ2) is 8.06. The molecule has 1 amide bonds. The highest BCUT2D eigenvalue weighted by Gasteiger charge is 2.23. The fraction of sp³-hybridized carbons (Fsp3) is 0.381. The molecule has 0 aliphatic carbocycles. The van der Waals surface area contributed by atoms with Gasteiger partial charge in [0.05, 0.1) is 19.3 Å². The minimum atomic E-state index is -0.502. The van der Waals surface area contributed by atoms with E-state index in [1.54, 1.807) is 19.2 Å². The first-order valence-electron chi connectivity index (χ1n) is 8.51. The molecule has 0 saturated carbocycles. The summed E-state index contributed by atoms with van der Waals surface area (Å²) in [6.07, 6.45) is 0. The number of amides is 1. The number of carbonyl (C=O) groups excluding carboxylic acids is 1. The Morgan fingerprint density at radius 2 is 1.76 bits per heavy atom. The third-order valence-corrected chi connectivity index (χ3v) is 3.92. The SMILES string of the molecule is COc1ccc(C(C)(C)NC(=O)c2cccc(OCC(C)C)c2)cc1. The second-order valence-corrected chi connectivity index (χ2v) is 7.04. The average molecular weight is 341 g/mol. The van der Waals surface area contributed by atoms with Crippen LogP contribution in [0.5, 0.6) is 11.5 Å². The predicted octanol–water partition coefficient (Wildman–Crippen LogP) is 4.40. The fourth-order valence-corrected chi connectivity index (χ4v) is 2.43. The molecule has 0 radical (unpaired) electrons. The maximum Gasteiger partial charge on any atom is 0.252 e. The molecular weight excluding hydrogens is 314 g/mol. The molecule has 2 aromatic rings. The maximum absolute atomic E-state index is 12.7. The van der Waals surface area contributed by atoms with Gasteiger partial charge in [0, 0.05) is 5.56 Å². The zero-order valence-electron chi connectivity index (χ0n) is 15.6. The Labute approximate surface area is 150 Å². The highest BCUT2D eigenvalue weighted by Crippen LogP contribution is 2.24. The maximum atomic E-state index is 12.7. The zero-order chi connectivity index (χ0) is 18.4. The molecule has 4 nitrogen and oxygen atoms in total. The van der Waals surface area contributed by atoms with E-state index in [1.807, 2.05) is 50.2 Å². The summed E-state index contributed by atoms with van der Waals surface area (Å²) >= 11 is 0. The molecule has 0 spiro atoms. The summed E-state index contributed by atoms with van der Waals surface area (Å²) < 4.78 is 10.9. The lowest BCUT2D eigenvalue weighted by atomic mass is 9.93.